The third-order valence-electron chi connectivity index (χ3n) is 2.53. The van der Waals surface area contributed by atoms with E-state index < -0.39 is 0 Å². The van der Waals surface area contributed by atoms with Crippen molar-refractivity contribution >= 4 is 0 Å². The SMILES string of the molecule is CC.CNCCC1CCCCC1. The first-order chi connectivity index (χ1) is 5.93. The van der Waals surface area contributed by atoms with E-state index >= 15 is 0 Å². The van der Waals surface area contributed by atoms with Crippen LogP contribution >= 0.6 is 0 Å². The molecule has 0 aromatic rings. The lowest BCUT2D eigenvalue weighted by molar-refractivity contribution is 0.337. The van der Waals surface area contributed by atoms with Gasteiger partial charge in [-0.1, -0.05) is 46.0 Å². The van der Waals surface area contributed by atoms with Gasteiger partial charge in [-0.25, -0.2) is 0 Å². The van der Waals surface area contributed by atoms with E-state index in [0.29, 0.717) is 0 Å². The molecule has 1 heteroatoms. The first-order valence-corrected chi connectivity index (χ1v) is 5.58. The molecule has 0 amide bonds. The van der Waals surface area contributed by atoms with E-state index in [1.807, 2.05) is 20.9 Å². The summed E-state index contributed by atoms with van der Waals surface area (Å²) in [4.78, 5) is 0. The van der Waals surface area contributed by atoms with Crippen molar-refractivity contribution in [2.45, 2.75) is 52.4 Å². The zero-order valence-corrected chi connectivity index (χ0v) is 9.03. The van der Waals surface area contributed by atoms with Gasteiger partial charge in [-0.3, -0.25) is 0 Å². The summed E-state index contributed by atoms with van der Waals surface area (Å²) in [6.45, 7) is 5.21. The summed E-state index contributed by atoms with van der Waals surface area (Å²) in [5.74, 6) is 1.04. The standard InChI is InChI=1S/C9H19N.C2H6/c1-10-8-7-9-5-3-2-4-6-9;1-2/h9-10H,2-8H2,1H3;1-2H3. The first kappa shape index (κ1) is 12.0. The fraction of sp³-hybridized carbons (Fsp3) is 1.00. The topological polar surface area (TPSA) is 12.0 Å². The average Bonchev–Trinajstić information content (AvgIpc) is 2.19. The number of nitrogens with one attached hydrogen (secondary N) is 1. The molecule has 0 unspecified atom stereocenters. The lowest BCUT2D eigenvalue weighted by atomic mass is 9.87. The van der Waals surface area contributed by atoms with E-state index in [1.54, 1.807) is 0 Å². The molecule has 74 valence electrons. The van der Waals surface area contributed by atoms with E-state index in [9.17, 15) is 0 Å². The molecule has 0 bridgehead atoms. The van der Waals surface area contributed by atoms with Crippen LogP contribution in [0.3, 0.4) is 0 Å². The monoisotopic (exact) mass is 171 g/mol. The fourth-order valence-corrected chi connectivity index (χ4v) is 1.82. The van der Waals surface area contributed by atoms with Crippen LogP contribution in [0.15, 0.2) is 0 Å². The van der Waals surface area contributed by atoms with Crippen LogP contribution in [-0.4, -0.2) is 13.6 Å². The van der Waals surface area contributed by atoms with Crippen LogP contribution < -0.4 is 5.32 Å². The highest BCUT2D eigenvalue weighted by molar-refractivity contribution is 4.65. The van der Waals surface area contributed by atoms with Gasteiger partial charge in [-0.05, 0) is 25.9 Å². The average molecular weight is 171 g/mol. The summed E-state index contributed by atoms with van der Waals surface area (Å²) < 4.78 is 0. The minimum absolute atomic E-state index is 1.04. The van der Waals surface area contributed by atoms with Crippen LogP contribution in [0.5, 0.6) is 0 Å². The maximum atomic E-state index is 3.21. The number of hydrogen-bond donors (Lipinski definition) is 1. The van der Waals surface area contributed by atoms with Crippen LogP contribution in [-0.2, 0) is 0 Å². The lowest BCUT2D eigenvalue weighted by Gasteiger charge is -2.20. The van der Waals surface area contributed by atoms with Gasteiger partial charge < -0.3 is 5.32 Å². The van der Waals surface area contributed by atoms with Crippen molar-refractivity contribution in [3.8, 4) is 0 Å². The Balaban J connectivity index is 0.000000561. The molecule has 1 aliphatic carbocycles. The minimum atomic E-state index is 1.04. The predicted molar refractivity (Wildman–Crippen MR) is 56.5 cm³/mol. The zero-order valence-electron chi connectivity index (χ0n) is 9.03. The second-order valence-corrected chi connectivity index (χ2v) is 3.40. The molecule has 0 aromatic carbocycles. The molecule has 0 radical (unpaired) electrons. The quantitative estimate of drug-likeness (QED) is 0.687. The van der Waals surface area contributed by atoms with Gasteiger partial charge in [0.1, 0.15) is 0 Å². The Morgan fingerprint density at radius 2 is 1.67 bits per heavy atom. The van der Waals surface area contributed by atoms with Gasteiger partial charge >= 0.3 is 0 Å². The van der Waals surface area contributed by atoms with Crippen molar-refractivity contribution in [1.82, 2.24) is 5.32 Å². The van der Waals surface area contributed by atoms with Crippen LogP contribution in [0.1, 0.15) is 52.4 Å². The molecule has 1 nitrogen and oxygen atoms in total. The molecule has 0 atom stereocenters. The van der Waals surface area contributed by atoms with Gasteiger partial charge in [0.05, 0.1) is 0 Å². The molecular formula is C11H25N. The van der Waals surface area contributed by atoms with E-state index in [1.165, 1.54) is 45.1 Å². The number of rotatable bonds is 3. The highest BCUT2D eigenvalue weighted by Gasteiger charge is 2.11. The van der Waals surface area contributed by atoms with Gasteiger partial charge in [-0.2, -0.15) is 0 Å². The molecule has 0 spiro atoms. The molecule has 1 saturated carbocycles. The van der Waals surface area contributed by atoms with Crippen LogP contribution in [0.25, 0.3) is 0 Å². The maximum absolute atomic E-state index is 3.21. The van der Waals surface area contributed by atoms with Gasteiger partial charge in [0.15, 0.2) is 0 Å². The van der Waals surface area contributed by atoms with Gasteiger partial charge in [-0.15, -0.1) is 0 Å². The Kier molecular flexibility index (Phi) is 9.02. The molecule has 1 rings (SSSR count). The highest BCUT2D eigenvalue weighted by Crippen LogP contribution is 2.25. The minimum Gasteiger partial charge on any atom is -0.320 e. The Bertz CT molecular complexity index is 75.1. The van der Waals surface area contributed by atoms with Crippen LogP contribution in [0.2, 0.25) is 0 Å². The predicted octanol–water partition coefficient (Wildman–Crippen LogP) is 3.20. The van der Waals surface area contributed by atoms with Crippen molar-refractivity contribution in [1.29, 1.82) is 0 Å². The van der Waals surface area contributed by atoms with Crippen LogP contribution in [0, 0.1) is 5.92 Å². The maximum Gasteiger partial charge on any atom is -0.00493 e. The Hall–Kier alpha value is -0.0400. The van der Waals surface area contributed by atoms with Crippen LogP contribution in [0.4, 0.5) is 0 Å². The summed E-state index contributed by atoms with van der Waals surface area (Å²) in [7, 11) is 2.04. The molecule has 1 fully saturated rings. The van der Waals surface area contributed by atoms with Gasteiger partial charge in [0, 0.05) is 0 Å². The van der Waals surface area contributed by atoms with Crippen molar-refractivity contribution in [2.24, 2.45) is 5.92 Å². The molecule has 0 saturated heterocycles. The second-order valence-electron chi connectivity index (χ2n) is 3.40. The number of hydrogen-bond acceptors (Lipinski definition) is 1. The van der Waals surface area contributed by atoms with Gasteiger partial charge in [0.2, 0.25) is 0 Å². The Labute approximate surface area is 77.9 Å². The summed E-state index contributed by atoms with van der Waals surface area (Å²) in [6.07, 6.45) is 8.82. The smallest absolute Gasteiger partial charge is 0.00493 e. The second kappa shape index (κ2) is 9.05. The molecule has 0 aromatic heterocycles. The highest BCUT2D eigenvalue weighted by atomic mass is 14.8. The summed E-state index contributed by atoms with van der Waals surface area (Å²) in [6, 6.07) is 0. The van der Waals surface area contributed by atoms with E-state index in [0.717, 1.165) is 5.92 Å². The molecule has 12 heavy (non-hydrogen) atoms. The lowest BCUT2D eigenvalue weighted by Crippen LogP contribution is -2.15. The third kappa shape index (κ3) is 5.59. The van der Waals surface area contributed by atoms with Crippen molar-refractivity contribution in [3.05, 3.63) is 0 Å². The molecule has 0 aliphatic heterocycles. The first-order valence-electron chi connectivity index (χ1n) is 5.58. The third-order valence-corrected chi connectivity index (χ3v) is 2.53. The van der Waals surface area contributed by atoms with Gasteiger partial charge in [0.25, 0.3) is 0 Å². The summed E-state index contributed by atoms with van der Waals surface area (Å²) in [5.41, 5.74) is 0. The molecular weight excluding hydrogens is 146 g/mol. The van der Waals surface area contributed by atoms with E-state index in [4.69, 9.17) is 0 Å². The van der Waals surface area contributed by atoms with Crippen molar-refractivity contribution in [2.75, 3.05) is 13.6 Å². The Morgan fingerprint density at radius 3 is 2.17 bits per heavy atom. The fourth-order valence-electron chi connectivity index (χ4n) is 1.82. The van der Waals surface area contributed by atoms with E-state index in [-0.39, 0.29) is 0 Å². The zero-order chi connectivity index (χ0) is 9.23. The Morgan fingerprint density at radius 1 is 1.08 bits per heavy atom. The van der Waals surface area contributed by atoms with Crippen molar-refractivity contribution in [3.63, 3.8) is 0 Å². The van der Waals surface area contributed by atoms with Crippen molar-refractivity contribution < 1.29 is 0 Å². The molecule has 1 aliphatic rings. The van der Waals surface area contributed by atoms with E-state index in [2.05, 4.69) is 5.32 Å². The molecule has 0 heterocycles. The summed E-state index contributed by atoms with van der Waals surface area (Å²) >= 11 is 0. The largest absolute Gasteiger partial charge is 0.320 e. The summed E-state index contributed by atoms with van der Waals surface area (Å²) in [5, 5.41) is 3.21. The normalized spacial score (nSPS) is 18.2. The molecule has 1 N–H and O–H groups in total.